The van der Waals surface area contributed by atoms with Crippen molar-refractivity contribution < 1.29 is 4.21 Å². The highest BCUT2D eigenvalue weighted by molar-refractivity contribution is 7.86. The van der Waals surface area contributed by atoms with Crippen molar-refractivity contribution in [2.75, 3.05) is 11.9 Å². The van der Waals surface area contributed by atoms with Gasteiger partial charge in [-0.15, -0.1) is 0 Å². The molecule has 1 saturated carbocycles. The van der Waals surface area contributed by atoms with Crippen molar-refractivity contribution in [1.29, 1.82) is 0 Å². The Bertz CT molecular complexity index is 1120. The molecule has 4 rings (SSSR count). The minimum atomic E-state index is -1.15. The number of imidazole rings is 1. The summed E-state index contributed by atoms with van der Waals surface area (Å²) in [6.07, 6.45) is 7.59. The van der Waals surface area contributed by atoms with Crippen LogP contribution >= 0.6 is 0 Å². The highest BCUT2D eigenvalue weighted by Crippen LogP contribution is 2.34. The second-order valence-electron chi connectivity index (χ2n) is 8.49. The molecule has 2 aromatic heterocycles. The molecule has 7 heteroatoms. The van der Waals surface area contributed by atoms with Crippen LogP contribution in [0, 0.1) is 5.92 Å². The minimum Gasteiger partial charge on any atom is -0.384 e. The van der Waals surface area contributed by atoms with E-state index in [-0.39, 0.29) is 10.3 Å². The molecule has 1 aliphatic carbocycles. The molecule has 1 atom stereocenters. The maximum atomic E-state index is 13.0. The van der Waals surface area contributed by atoms with Crippen LogP contribution in [0.25, 0.3) is 16.8 Å². The third-order valence-electron chi connectivity index (χ3n) is 5.07. The Morgan fingerprint density at radius 2 is 2.04 bits per heavy atom. The summed E-state index contributed by atoms with van der Waals surface area (Å²) in [6.45, 7) is 6.85. The summed E-state index contributed by atoms with van der Waals surface area (Å²) in [4.78, 5) is 17.4. The van der Waals surface area contributed by atoms with Gasteiger partial charge in [0.25, 0.3) is 5.56 Å². The predicted octanol–water partition coefficient (Wildman–Crippen LogP) is 3.43. The number of nitrogens with zero attached hydrogens (tertiary/aromatic N) is 3. The Balaban J connectivity index is 1.90. The van der Waals surface area contributed by atoms with Crippen molar-refractivity contribution in [3.8, 4) is 11.3 Å². The molecule has 1 N–H and O–H groups in total. The number of hydrogen-bond acceptors (Lipinski definition) is 4. The van der Waals surface area contributed by atoms with Crippen LogP contribution in [0.3, 0.4) is 0 Å². The van der Waals surface area contributed by atoms with Crippen LogP contribution in [0.15, 0.2) is 46.6 Å². The van der Waals surface area contributed by atoms with Gasteiger partial charge in [0.1, 0.15) is 5.52 Å². The molecule has 28 heavy (non-hydrogen) atoms. The minimum absolute atomic E-state index is 0.0943. The molecule has 148 valence electrons. The van der Waals surface area contributed by atoms with Gasteiger partial charge in [-0.2, -0.15) is 0 Å². The second kappa shape index (κ2) is 6.88. The zero-order valence-electron chi connectivity index (χ0n) is 16.7. The lowest BCUT2D eigenvalue weighted by Crippen LogP contribution is -2.22. The maximum Gasteiger partial charge on any atom is 0.276 e. The van der Waals surface area contributed by atoms with Gasteiger partial charge in [0, 0.05) is 40.7 Å². The molecule has 0 bridgehead atoms. The van der Waals surface area contributed by atoms with Crippen molar-refractivity contribution in [3.05, 3.63) is 47.3 Å². The van der Waals surface area contributed by atoms with Crippen LogP contribution < -0.4 is 10.9 Å². The van der Waals surface area contributed by atoms with E-state index < -0.39 is 10.8 Å². The average molecular weight is 399 g/mol. The van der Waals surface area contributed by atoms with Gasteiger partial charge in [-0.1, -0.05) is 0 Å². The first-order chi connectivity index (χ1) is 13.3. The Kier molecular flexibility index (Phi) is 4.65. The zero-order chi connectivity index (χ0) is 20.1. The van der Waals surface area contributed by atoms with E-state index in [1.54, 1.807) is 24.1 Å². The van der Waals surface area contributed by atoms with E-state index in [0.29, 0.717) is 5.52 Å². The van der Waals surface area contributed by atoms with Crippen LogP contribution in [0.1, 0.15) is 33.6 Å². The van der Waals surface area contributed by atoms with Gasteiger partial charge in [-0.25, -0.2) is 4.98 Å². The molecule has 0 spiro atoms. The SMILES string of the molecule is Cn1cc(-c2cc(S(=O)C(C)(C)C)ccc2NCC2CC2)n2cncc2c1=O. The summed E-state index contributed by atoms with van der Waals surface area (Å²) in [5.74, 6) is 0.727. The lowest BCUT2D eigenvalue weighted by molar-refractivity contribution is 0.649. The molecule has 6 nitrogen and oxygen atoms in total. The van der Waals surface area contributed by atoms with E-state index in [2.05, 4.69) is 10.3 Å². The quantitative estimate of drug-likeness (QED) is 0.715. The Labute approximate surface area is 167 Å². The van der Waals surface area contributed by atoms with E-state index in [9.17, 15) is 9.00 Å². The molecular weight excluding hydrogens is 372 g/mol. The van der Waals surface area contributed by atoms with Crippen molar-refractivity contribution in [2.45, 2.75) is 43.3 Å². The van der Waals surface area contributed by atoms with Gasteiger partial charge in [0.15, 0.2) is 0 Å². The van der Waals surface area contributed by atoms with Crippen LogP contribution in [-0.2, 0) is 17.8 Å². The molecular formula is C21H26N4O2S. The van der Waals surface area contributed by atoms with Crippen LogP contribution in [0.2, 0.25) is 0 Å². The summed E-state index contributed by atoms with van der Waals surface area (Å²) < 4.78 is 16.0. The number of aromatic nitrogens is 3. The molecule has 2 heterocycles. The predicted molar refractivity (Wildman–Crippen MR) is 113 cm³/mol. The van der Waals surface area contributed by atoms with Crippen molar-refractivity contribution in [2.24, 2.45) is 13.0 Å². The van der Waals surface area contributed by atoms with E-state index in [0.717, 1.165) is 34.3 Å². The maximum absolute atomic E-state index is 13.0. The molecule has 1 aromatic carbocycles. The van der Waals surface area contributed by atoms with Crippen LogP contribution in [0.5, 0.6) is 0 Å². The normalized spacial score (nSPS) is 15.7. The number of aryl methyl sites for hydroxylation is 1. The molecule has 3 aromatic rings. The Morgan fingerprint density at radius 1 is 1.29 bits per heavy atom. The average Bonchev–Trinajstić information content (AvgIpc) is 3.35. The first-order valence-corrected chi connectivity index (χ1v) is 10.7. The van der Waals surface area contributed by atoms with E-state index >= 15 is 0 Å². The summed E-state index contributed by atoms with van der Waals surface area (Å²) in [7, 11) is 0.595. The van der Waals surface area contributed by atoms with Gasteiger partial charge < -0.3 is 9.88 Å². The molecule has 1 aliphatic rings. The number of hydrogen-bond donors (Lipinski definition) is 1. The van der Waals surface area contributed by atoms with Crippen molar-refractivity contribution in [3.63, 3.8) is 0 Å². The lowest BCUT2D eigenvalue weighted by atomic mass is 10.1. The highest BCUT2D eigenvalue weighted by Gasteiger charge is 2.24. The monoisotopic (exact) mass is 398 g/mol. The fourth-order valence-corrected chi connectivity index (χ4v) is 4.39. The zero-order valence-corrected chi connectivity index (χ0v) is 17.5. The molecule has 0 radical (unpaired) electrons. The Hall–Kier alpha value is -2.41. The molecule has 1 fully saturated rings. The highest BCUT2D eigenvalue weighted by atomic mass is 32.2. The van der Waals surface area contributed by atoms with E-state index in [4.69, 9.17) is 0 Å². The summed E-state index contributed by atoms with van der Waals surface area (Å²) in [5, 5.41) is 3.55. The summed E-state index contributed by atoms with van der Waals surface area (Å²) in [5.41, 5.74) is 3.18. The number of nitrogens with one attached hydrogen (secondary N) is 1. The number of rotatable bonds is 5. The lowest BCUT2D eigenvalue weighted by Gasteiger charge is -2.20. The van der Waals surface area contributed by atoms with Gasteiger partial charge in [-0.05, 0) is 57.7 Å². The third-order valence-corrected chi connectivity index (χ3v) is 6.86. The number of fused-ring (bicyclic) bond motifs is 1. The van der Waals surface area contributed by atoms with Crippen LogP contribution in [0.4, 0.5) is 5.69 Å². The molecule has 0 amide bonds. The van der Waals surface area contributed by atoms with Gasteiger partial charge in [0.2, 0.25) is 0 Å². The van der Waals surface area contributed by atoms with Crippen molar-refractivity contribution >= 4 is 22.0 Å². The molecule has 0 aliphatic heterocycles. The third kappa shape index (κ3) is 3.51. The van der Waals surface area contributed by atoms with Gasteiger partial charge >= 0.3 is 0 Å². The first-order valence-electron chi connectivity index (χ1n) is 9.57. The largest absolute Gasteiger partial charge is 0.384 e. The molecule has 1 unspecified atom stereocenters. The number of benzene rings is 1. The fraction of sp³-hybridized carbons (Fsp3) is 0.429. The van der Waals surface area contributed by atoms with Crippen LogP contribution in [-0.4, -0.2) is 29.5 Å². The summed E-state index contributed by atoms with van der Waals surface area (Å²) in [6, 6.07) is 5.92. The van der Waals surface area contributed by atoms with Crippen molar-refractivity contribution in [1.82, 2.24) is 14.0 Å². The Morgan fingerprint density at radius 3 is 2.71 bits per heavy atom. The van der Waals surface area contributed by atoms with Gasteiger partial charge in [-0.3, -0.25) is 13.4 Å². The summed E-state index contributed by atoms with van der Waals surface area (Å²) >= 11 is 0. The standard InChI is InChI=1S/C21H26N4O2S/c1-21(2,3)28(27)15-7-8-17(23-10-14-5-6-14)16(9-15)19-12-24(4)20(26)18-11-22-13-25(18)19/h7-9,11-14,23H,5-6,10H2,1-4H3. The van der Waals surface area contributed by atoms with Gasteiger partial charge in [0.05, 0.1) is 29.0 Å². The fourth-order valence-electron chi connectivity index (χ4n) is 3.26. The number of anilines is 1. The second-order valence-corrected chi connectivity index (χ2v) is 10.7. The first kappa shape index (κ1) is 18.9. The molecule has 0 saturated heterocycles. The van der Waals surface area contributed by atoms with E-state index in [1.807, 2.05) is 49.6 Å². The van der Waals surface area contributed by atoms with E-state index in [1.165, 1.54) is 12.8 Å². The smallest absolute Gasteiger partial charge is 0.276 e. The topological polar surface area (TPSA) is 68.4 Å².